The van der Waals surface area contributed by atoms with E-state index in [1.54, 1.807) is 19.2 Å². The highest BCUT2D eigenvalue weighted by atomic mass is 79.9. The van der Waals surface area contributed by atoms with E-state index in [1.807, 2.05) is 13.8 Å². The van der Waals surface area contributed by atoms with E-state index < -0.39 is 4.92 Å². The normalized spacial score (nSPS) is 12.5. The molecule has 1 unspecified atom stereocenters. The van der Waals surface area contributed by atoms with E-state index in [0.717, 1.165) is 0 Å². The number of rotatable bonds is 6. The highest BCUT2D eigenvalue weighted by Gasteiger charge is 2.19. The molecule has 18 heavy (non-hydrogen) atoms. The zero-order valence-corrected chi connectivity index (χ0v) is 12.2. The quantitative estimate of drug-likeness (QED) is 0.645. The maximum Gasteiger partial charge on any atom is 0.293 e. The van der Waals surface area contributed by atoms with Crippen LogP contribution in [-0.2, 0) is 4.74 Å². The third-order valence-corrected chi connectivity index (χ3v) is 3.14. The van der Waals surface area contributed by atoms with Crippen molar-refractivity contribution in [3.8, 4) is 0 Å². The third kappa shape index (κ3) is 3.96. The van der Waals surface area contributed by atoms with Gasteiger partial charge in [-0.1, -0.05) is 29.8 Å². The fourth-order valence-corrected chi connectivity index (χ4v) is 1.91. The van der Waals surface area contributed by atoms with Gasteiger partial charge in [0.05, 0.1) is 17.6 Å². The molecule has 6 heteroatoms. The van der Waals surface area contributed by atoms with E-state index in [9.17, 15) is 10.1 Å². The number of anilines is 1. The molecule has 100 valence electrons. The molecule has 0 aromatic heterocycles. The first kappa shape index (κ1) is 14.9. The molecule has 0 saturated carbocycles. The van der Waals surface area contributed by atoms with Gasteiger partial charge in [0.1, 0.15) is 5.69 Å². The monoisotopic (exact) mass is 316 g/mol. The minimum Gasteiger partial charge on any atom is -0.383 e. The van der Waals surface area contributed by atoms with E-state index in [1.165, 1.54) is 6.07 Å². The highest BCUT2D eigenvalue weighted by molar-refractivity contribution is 9.10. The van der Waals surface area contributed by atoms with Crippen LogP contribution in [0.15, 0.2) is 22.7 Å². The summed E-state index contributed by atoms with van der Waals surface area (Å²) in [5.41, 5.74) is 0.574. The van der Waals surface area contributed by atoms with Crippen LogP contribution in [0.4, 0.5) is 11.4 Å². The smallest absolute Gasteiger partial charge is 0.293 e. The van der Waals surface area contributed by atoms with Gasteiger partial charge in [-0.25, -0.2) is 0 Å². The lowest BCUT2D eigenvalue weighted by atomic mass is 10.0. The SMILES string of the molecule is COCC(Nc1ccc(Br)cc1[N+](=O)[O-])C(C)C. The molecule has 0 aliphatic rings. The second kappa shape index (κ2) is 6.70. The van der Waals surface area contributed by atoms with Crippen LogP contribution in [0.3, 0.4) is 0 Å². The molecule has 0 bridgehead atoms. The fraction of sp³-hybridized carbons (Fsp3) is 0.500. The molecule has 1 N–H and O–H groups in total. The highest BCUT2D eigenvalue weighted by Crippen LogP contribution is 2.29. The Bertz CT molecular complexity index is 424. The molecule has 0 radical (unpaired) electrons. The molecule has 0 amide bonds. The summed E-state index contributed by atoms with van der Waals surface area (Å²) in [5.74, 6) is 0.313. The van der Waals surface area contributed by atoms with Crippen molar-refractivity contribution in [3.63, 3.8) is 0 Å². The second-order valence-corrected chi connectivity index (χ2v) is 5.28. The van der Waals surface area contributed by atoms with Gasteiger partial charge in [0, 0.05) is 17.6 Å². The van der Waals surface area contributed by atoms with E-state index in [2.05, 4.69) is 21.2 Å². The molecule has 0 aliphatic carbocycles. The van der Waals surface area contributed by atoms with Gasteiger partial charge < -0.3 is 10.1 Å². The first-order valence-electron chi connectivity index (χ1n) is 5.65. The summed E-state index contributed by atoms with van der Waals surface area (Å²) >= 11 is 3.23. The number of benzene rings is 1. The van der Waals surface area contributed by atoms with Crippen molar-refractivity contribution in [2.75, 3.05) is 19.0 Å². The van der Waals surface area contributed by atoms with Gasteiger partial charge in [-0.2, -0.15) is 0 Å². The lowest BCUT2D eigenvalue weighted by Crippen LogP contribution is -2.30. The maximum atomic E-state index is 11.0. The predicted molar refractivity (Wildman–Crippen MR) is 74.9 cm³/mol. The Labute approximate surface area is 115 Å². The summed E-state index contributed by atoms with van der Waals surface area (Å²) in [6.07, 6.45) is 0. The van der Waals surface area contributed by atoms with Crippen LogP contribution in [0, 0.1) is 16.0 Å². The predicted octanol–water partition coefficient (Wildman–Crippen LogP) is 3.44. The standard InChI is InChI=1S/C12H17BrN2O3/c1-8(2)11(7-18-3)14-10-5-4-9(13)6-12(10)15(16)17/h4-6,8,11,14H,7H2,1-3H3. The minimum absolute atomic E-state index is 0.0369. The molecule has 0 spiro atoms. The molecule has 0 saturated heterocycles. The molecule has 0 heterocycles. The number of methoxy groups -OCH3 is 1. The number of hydrogen-bond donors (Lipinski definition) is 1. The molecule has 1 aromatic carbocycles. The second-order valence-electron chi connectivity index (χ2n) is 4.37. The van der Waals surface area contributed by atoms with Gasteiger partial charge in [-0.15, -0.1) is 0 Å². The Kier molecular flexibility index (Phi) is 5.55. The lowest BCUT2D eigenvalue weighted by Gasteiger charge is -2.22. The Morgan fingerprint density at radius 2 is 2.17 bits per heavy atom. The average Bonchev–Trinajstić information content (AvgIpc) is 2.30. The number of nitrogens with one attached hydrogen (secondary N) is 1. The van der Waals surface area contributed by atoms with Crippen LogP contribution in [0.5, 0.6) is 0 Å². The van der Waals surface area contributed by atoms with Crippen LogP contribution in [0.1, 0.15) is 13.8 Å². The van der Waals surface area contributed by atoms with Gasteiger partial charge in [0.2, 0.25) is 0 Å². The summed E-state index contributed by atoms with van der Waals surface area (Å²) in [6.45, 7) is 4.59. The number of ether oxygens (including phenoxy) is 1. The van der Waals surface area contributed by atoms with Crippen molar-refractivity contribution < 1.29 is 9.66 Å². The number of halogens is 1. The zero-order chi connectivity index (χ0) is 13.7. The van der Waals surface area contributed by atoms with Gasteiger partial charge in [-0.05, 0) is 18.1 Å². The van der Waals surface area contributed by atoms with Crippen molar-refractivity contribution >= 4 is 27.3 Å². The molecular formula is C12H17BrN2O3. The molecule has 1 atom stereocenters. The fourth-order valence-electron chi connectivity index (χ4n) is 1.56. The topological polar surface area (TPSA) is 64.4 Å². The molecule has 5 nitrogen and oxygen atoms in total. The molecule has 1 rings (SSSR count). The summed E-state index contributed by atoms with van der Waals surface area (Å²) in [6, 6.07) is 5.01. The van der Waals surface area contributed by atoms with Crippen LogP contribution in [0.2, 0.25) is 0 Å². The van der Waals surface area contributed by atoms with Gasteiger partial charge in [0.15, 0.2) is 0 Å². The van der Waals surface area contributed by atoms with Crippen LogP contribution < -0.4 is 5.32 Å². The van der Waals surface area contributed by atoms with Crippen molar-refractivity contribution in [1.29, 1.82) is 0 Å². The average molecular weight is 317 g/mol. The van der Waals surface area contributed by atoms with E-state index in [-0.39, 0.29) is 11.7 Å². The minimum atomic E-state index is -0.392. The third-order valence-electron chi connectivity index (χ3n) is 2.65. The number of hydrogen-bond acceptors (Lipinski definition) is 4. The number of nitrogens with zero attached hydrogens (tertiary/aromatic N) is 1. The van der Waals surface area contributed by atoms with Crippen LogP contribution in [-0.4, -0.2) is 24.7 Å². The summed E-state index contributed by atoms with van der Waals surface area (Å²) < 4.78 is 5.81. The zero-order valence-electron chi connectivity index (χ0n) is 10.6. The van der Waals surface area contributed by atoms with E-state index in [0.29, 0.717) is 22.7 Å². The van der Waals surface area contributed by atoms with Crippen molar-refractivity contribution in [2.24, 2.45) is 5.92 Å². The largest absolute Gasteiger partial charge is 0.383 e. The van der Waals surface area contributed by atoms with E-state index in [4.69, 9.17) is 4.74 Å². The maximum absolute atomic E-state index is 11.0. The Hall–Kier alpha value is -1.14. The van der Waals surface area contributed by atoms with Crippen molar-refractivity contribution in [2.45, 2.75) is 19.9 Å². The molecule has 1 aromatic rings. The lowest BCUT2D eigenvalue weighted by molar-refractivity contribution is -0.384. The van der Waals surface area contributed by atoms with Gasteiger partial charge in [0.25, 0.3) is 5.69 Å². The summed E-state index contributed by atoms with van der Waals surface area (Å²) in [4.78, 5) is 10.6. The van der Waals surface area contributed by atoms with Gasteiger partial charge in [-0.3, -0.25) is 10.1 Å². The Morgan fingerprint density at radius 1 is 1.50 bits per heavy atom. The number of nitro groups is 1. The summed E-state index contributed by atoms with van der Waals surface area (Å²) in [7, 11) is 1.62. The first-order chi connectivity index (χ1) is 8.45. The molecule has 0 fully saturated rings. The Balaban J connectivity index is 2.98. The number of nitro benzene ring substituents is 1. The van der Waals surface area contributed by atoms with Crippen LogP contribution in [0.25, 0.3) is 0 Å². The molecular weight excluding hydrogens is 300 g/mol. The van der Waals surface area contributed by atoms with E-state index >= 15 is 0 Å². The van der Waals surface area contributed by atoms with Gasteiger partial charge >= 0.3 is 0 Å². The Morgan fingerprint density at radius 3 is 2.67 bits per heavy atom. The van der Waals surface area contributed by atoms with Crippen molar-refractivity contribution in [1.82, 2.24) is 0 Å². The molecule has 0 aliphatic heterocycles. The first-order valence-corrected chi connectivity index (χ1v) is 6.44. The van der Waals surface area contributed by atoms with Crippen LogP contribution >= 0.6 is 15.9 Å². The van der Waals surface area contributed by atoms with Crippen molar-refractivity contribution in [3.05, 3.63) is 32.8 Å². The summed E-state index contributed by atoms with van der Waals surface area (Å²) in [5, 5.41) is 14.2.